The molecule has 2 atom stereocenters. The molecule has 1 heteroatoms. The topological polar surface area (TPSA) is 3.24 Å². The zero-order chi connectivity index (χ0) is 7.90. The van der Waals surface area contributed by atoms with E-state index in [1.165, 1.54) is 38.6 Å². The molecule has 1 heterocycles. The molecule has 64 valence electrons. The number of likely N-dealkylation sites (tertiary alicyclic amines) is 1. The van der Waals surface area contributed by atoms with Gasteiger partial charge in [0.25, 0.3) is 0 Å². The normalized spacial score (nSPS) is 44.7. The van der Waals surface area contributed by atoms with Crippen LogP contribution in [-0.2, 0) is 0 Å². The van der Waals surface area contributed by atoms with Crippen LogP contribution in [0.5, 0.6) is 0 Å². The molecule has 1 nitrogen and oxygen atoms in total. The van der Waals surface area contributed by atoms with Gasteiger partial charge in [-0.2, -0.15) is 0 Å². The van der Waals surface area contributed by atoms with Gasteiger partial charge in [-0.3, -0.25) is 0 Å². The van der Waals surface area contributed by atoms with E-state index in [4.69, 9.17) is 0 Å². The summed E-state index contributed by atoms with van der Waals surface area (Å²) in [6, 6.07) is 0. The second kappa shape index (κ2) is 2.48. The lowest BCUT2D eigenvalue weighted by Crippen LogP contribution is -2.42. The standard InChI is InChI=1S/C10H19N/c1-3-10-7-4-5-9(10)6-8-11(10)2/h9H,3-8H2,1-2H3. The first-order valence-electron chi connectivity index (χ1n) is 5.01. The van der Waals surface area contributed by atoms with Gasteiger partial charge in [0.2, 0.25) is 0 Å². The fourth-order valence-corrected chi connectivity index (χ4v) is 3.35. The highest BCUT2D eigenvalue weighted by Crippen LogP contribution is 2.48. The van der Waals surface area contributed by atoms with Crippen molar-refractivity contribution in [3.05, 3.63) is 0 Å². The summed E-state index contributed by atoms with van der Waals surface area (Å²) in [6.07, 6.45) is 7.27. The monoisotopic (exact) mass is 153 g/mol. The van der Waals surface area contributed by atoms with Crippen LogP contribution in [0.15, 0.2) is 0 Å². The molecule has 1 saturated heterocycles. The van der Waals surface area contributed by atoms with E-state index in [-0.39, 0.29) is 0 Å². The first-order valence-corrected chi connectivity index (χ1v) is 5.01. The Kier molecular flexibility index (Phi) is 1.71. The van der Waals surface area contributed by atoms with Crippen LogP contribution in [0.1, 0.15) is 39.0 Å². The van der Waals surface area contributed by atoms with Gasteiger partial charge >= 0.3 is 0 Å². The van der Waals surface area contributed by atoms with Crippen molar-refractivity contribution in [1.29, 1.82) is 0 Å². The van der Waals surface area contributed by atoms with E-state index >= 15 is 0 Å². The molecule has 2 fully saturated rings. The zero-order valence-corrected chi connectivity index (χ0v) is 7.77. The third-order valence-electron chi connectivity index (χ3n) is 4.11. The maximum Gasteiger partial charge on any atom is 0.0232 e. The molecule has 0 aromatic carbocycles. The van der Waals surface area contributed by atoms with E-state index in [2.05, 4.69) is 18.9 Å². The molecule has 1 aliphatic carbocycles. The van der Waals surface area contributed by atoms with E-state index in [1.807, 2.05) is 0 Å². The maximum absolute atomic E-state index is 2.62. The van der Waals surface area contributed by atoms with E-state index in [9.17, 15) is 0 Å². The summed E-state index contributed by atoms with van der Waals surface area (Å²) < 4.78 is 0. The van der Waals surface area contributed by atoms with Crippen molar-refractivity contribution in [2.24, 2.45) is 5.92 Å². The van der Waals surface area contributed by atoms with Crippen LogP contribution in [0.3, 0.4) is 0 Å². The number of hydrogen-bond donors (Lipinski definition) is 0. The Balaban J connectivity index is 2.22. The summed E-state index contributed by atoms with van der Waals surface area (Å²) in [5.41, 5.74) is 0.639. The van der Waals surface area contributed by atoms with Crippen LogP contribution in [0.4, 0.5) is 0 Å². The van der Waals surface area contributed by atoms with E-state index in [1.54, 1.807) is 0 Å². The summed E-state index contributed by atoms with van der Waals surface area (Å²) in [5, 5.41) is 0. The summed E-state index contributed by atoms with van der Waals surface area (Å²) >= 11 is 0. The molecular formula is C10H19N. The van der Waals surface area contributed by atoms with Crippen molar-refractivity contribution in [2.75, 3.05) is 13.6 Å². The molecule has 2 aliphatic rings. The predicted octanol–water partition coefficient (Wildman–Crippen LogP) is 2.27. The largest absolute Gasteiger partial charge is 0.300 e. The van der Waals surface area contributed by atoms with Crippen LogP contribution in [-0.4, -0.2) is 24.0 Å². The van der Waals surface area contributed by atoms with Gasteiger partial charge in [-0.15, -0.1) is 0 Å². The van der Waals surface area contributed by atoms with Gasteiger partial charge < -0.3 is 4.90 Å². The predicted molar refractivity (Wildman–Crippen MR) is 47.6 cm³/mol. The number of hydrogen-bond acceptors (Lipinski definition) is 1. The smallest absolute Gasteiger partial charge is 0.0232 e. The minimum atomic E-state index is 0.639. The molecule has 0 aromatic heterocycles. The van der Waals surface area contributed by atoms with Gasteiger partial charge in [0.15, 0.2) is 0 Å². The average molecular weight is 153 g/mol. The number of rotatable bonds is 1. The third kappa shape index (κ3) is 0.868. The molecule has 11 heavy (non-hydrogen) atoms. The Labute approximate surface area is 69.8 Å². The molecule has 0 amide bonds. The maximum atomic E-state index is 2.62. The summed E-state index contributed by atoms with van der Waals surface area (Å²) in [4.78, 5) is 2.62. The third-order valence-corrected chi connectivity index (χ3v) is 4.11. The van der Waals surface area contributed by atoms with Crippen molar-refractivity contribution in [2.45, 2.75) is 44.6 Å². The highest BCUT2D eigenvalue weighted by molar-refractivity contribution is 5.03. The highest BCUT2D eigenvalue weighted by atomic mass is 15.2. The minimum Gasteiger partial charge on any atom is -0.300 e. The van der Waals surface area contributed by atoms with Crippen LogP contribution < -0.4 is 0 Å². The van der Waals surface area contributed by atoms with E-state index < -0.39 is 0 Å². The van der Waals surface area contributed by atoms with Gasteiger partial charge in [0.1, 0.15) is 0 Å². The Bertz CT molecular complexity index is 155. The van der Waals surface area contributed by atoms with Crippen LogP contribution in [0.25, 0.3) is 0 Å². The first-order chi connectivity index (χ1) is 5.29. The van der Waals surface area contributed by atoms with Crippen LogP contribution >= 0.6 is 0 Å². The second-order valence-electron chi connectivity index (χ2n) is 4.26. The van der Waals surface area contributed by atoms with Gasteiger partial charge in [-0.25, -0.2) is 0 Å². The highest BCUT2D eigenvalue weighted by Gasteiger charge is 2.47. The SMILES string of the molecule is CCC12CCCC1CCN2C. The summed E-state index contributed by atoms with van der Waals surface area (Å²) in [6.45, 7) is 3.71. The molecule has 0 radical (unpaired) electrons. The van der Waals surface area contributed by atoms with Crippen molar-refractivity contribution in [3.8, 4) is 0 Å². The Morgan fingerprint density at radius 3 is 2.91 bits per heavy atom. The molecular weight excluding hydrogens is 134 g/mol. The van der Waals surface area contributed by atoms with Crippen molar-refractivity contribution >= 4 is 0 Å². The summed E-state index contributed by atoms with van der Waals surface area (Å²) in [5.74, 6) is 1.04. The lowest BCUT2D eigenvalue weighted by atomic mass is 9.86. The quantitative estimate of drug-likeness (QED) is 0.558. The summed E-state index contributed by atoms with van der Waals surface area (Å²) in [7, 11) is 2.31. The lowest BCUT2D eigenvalue weighted by Gasteiger charge is -2.35. The molecule has 0 spiro atoms. The Morgan fingerprint density at radius 2 is 2.27 bits per heavy atom. The van der Waals surface area contributed by atoms with E-state index in [0.29, 0.717) is 5.54 Å². The number of nitrogens with zero attached hydrogens (tertiary/aromatic N) is 1. The first kappa shape index (κ1) is 7.60. The van der Waals surface area contributed by atoms with Gasteiger partial charge in [0, 0.05) is 5.54 Å². The van der Waals surface area contributed by atoms with Crippen molar-refractivity contribution in [3.63, 3.8) is 0 Å². The molecule has 1 saturated carbocycles. The molecule has 1 aliphatic heterocycles. The fraction of sp³-hybridized carbons (Fsp3) is 1.00. The lowest BCUT2D eigenvalue weighted by molar-refractivity contribution is 0.145. The van der Waals surface area contributed by atoms with Crippen LogP contribution in [0.2, 0.25) is 0 Å². The van der Waals surface area contributed by atoms with Crippen molar-refractivity contribution < 1.29 is 0 Å². The average Bonchev–Trinajstić information content (AvgIpc) is 2.53. The number of fused-ring (bicyclic) bond motifs is 1. The Morgan fingerprint density at radius 1 is 1.45 bits per heavy atom. The van der Waals surface area contributed by atoms with Gasteiger partial charge in [-0.1, -0.05) is 13.3 Å². The van der Waals surface area contributed by atoms with Crippen molar-refractivity contribution in [1.82, 2.24) is 4.90 Å². The van der Waals surface area contributed by atoms with Gasteiger partial charge in [-0.05, 0) is 45.2 Å². The molecule has 0 bridgehead atoms. The fourth-order valence-electron chi connectivity index (χ4n) is 3.35. The van der Waals surface area contributed by atoms with Crippen LogP contribution in [0, 0.1) is 5.92 Å². The molecule has 0 aromatic rings. The van der Waals surface area contributed by atoms with Gasteiger partial charge in [0.05, 0.1) is 0 Å². The molecule has 0 N–H and O–H groups in total. The molecule has 2 unspecified atom stereocenters. The van der Waals surface area contributed by atoms with E-state index in [0.717, 1.165) is 5.92 Å². The Hall–Kier alpha value is -0.0400. The minimum absolute atomic E-state index is 0.639. The molecule has 2 rings (SSSR count). The zero-order valence-electron chi connectivity index (χ0n) is 7.77. The second-order valence-corrected chi connectivity index (χ2v) is 4.26.